The first-order valence-electron chi connectivity index (χ1n) is 6.11. The lowest BCUT2D eigenvalue weighted by Gasteiger charge is -2.08. The van der Waals surface area contributed by atoms with Crippen molar-refractivity contribution in [1.29, 1.82) is 0 Å². The molecule has 0 bridgehead atoms. The van der Waals surface area contributed by atoms with E-state index in [4.69, 9.17) is 9.84 Å². The largest absolute Gasteiger partial charge is 0.491 e. The number of aromatic nitrogens is 1. The van der Waals surface area contributed by atoms with Gasteiger partial charge in [0.1, 0.15) is 5.56 Å². The molecule has 1 aromatic heterocycles. The molecule has 0 fully saturated rings. The van der Waals surface area contributed by atoms with Crippen LogP contribution in [0.1, 0.15) is 15.9 Å². The van der Waals surface area contributed by atoms with Crippen molar-refractivity contribution in [1.82, 2.24) is 4.98 Å². The van der Waals surface area contributed by atoms with E-state index in [1.807, 2.05) is 0 Å². The molecular formula is C14H12N2O5. The number of benzene rings is 1. The van der Waals surface area contributed by atoms with Crippen LogP contribution in [0.3, 0.4) is 0 Å². The second-order valence-corrected chi connectivity index (χ2v) is 4.20. The number of rotatable bonds is 6. The molecule has 1 aromatic carbocycles. The molecule has 0 aliphatic rings. The maximum Gasteiger partial charge on any atom is 0.339 e. The van der Waals surface area contributed by atoms with Gasteiger partial charge in [-0.05, 0) is 11.6 Å². The fraction of sp³-hybridized carbons (Fsp3) is 0.143. The van der Waals surface area contributed by atoms with Gasteiger partial charge >= 0.3 is 5.97 Å². The van der Waals surface area contributed by atoms with E-state index in [0.29, 0.717) is 6.42 Å². The van der Waals surface area contributed by atoms with Gasteiger partial charge < -0.3 is 9.84 Å². The number of nitro groups is 1. The van der Waals surface area contributed by atoms with Crippen LogP contribution in [0.4, 0.5) is 5.69 Å². The highest BCUT2D eigenvalue weighted by molar-refractivity contribution is 5.90. The minimum Gasteiger partial charge on any atom is -0.491 e. The maximum atomic E-state index is 11.0. The molecule has 7 nitrogen and oxygen atoms in total. The van der Waals surface area contributed by atoms with Gasteiger partial charge in [-0.2, -0.15) is 0 Å². The zero-order chi connectivity index (χ0) is 15.2. The summed E-state index contributed by atoms with van der Waals surface area (Å²) in [5.74, 6) is -0.880. The minimum absolute atomic E-state index is 0.0279. The van der Waals surface area contributed by atoms with Crippen LogP contribution in [0.5, 0.6) is 5.75 Å². The van der Waals surface area contributed by atoms with Crippen molar-refractivity contribution in [2.45, 2.75) is 6.42 Å². The lowest BCUT2D eigenvalue weighted by atomic mass is 10.1. The van der Waals surface area contributed by atoms with E-state index in [-0.39, 0.29) is 23.6 Å². The molecule has 0 unspecified atom stereocenters. The number of carboxylic acid groups (broad SMARTS) is 1. The van der Waals surface area contributed by atoms with E-state index in [9.17, 15) is 14.9 Å². The molecule has 0 atom stereocenters. The molecule has 0 spiro atoms. The molecule has 0 saturated heterocycles. The third-order valence-electron chi connectivity index (χ3n) is 2.81. The second kappa shape index (κ2) is 6.47. The zero-order valence-electron chi connectivity index (χ0n) is 10.9. The molecule has 0 aliphatic carbocycles. The normalized spacial score (nSPS) is 10.1. The summed E-state index contributed by atoms with van der Waals surface area (Å²) in [6.45, 7) is 0.254. The standard InChI is InChI=1S/C14H12N2O5/c17-14(18)12-5-7-15-9-13(12)21-8-6-10-1-3-11(4-2-10)16(19)20/h1-5,7,9H,6,8H2,(H,17,18). The molecule has 0 saturated carbocycles. The summed E-state index contributed by atoms with van der Waals surface area (Å²) in [5, 5.41) is 19.5. The molecule has 1 heterocycles. The van der Waals surface area contributed by atoms with E-state index in [1.54, 1.807) is 12.1 Å². The minimum atomic E-state index is -1.08. The Balaban J connectivity index is 1.95. The van der Waals surface area contributed by atoms with Crippen molar-refractivity contribution in [3.8, 4) is 5.75 Å². The Kier molecular flexibility index (Phi) is 4.45. The molecule has 21 heavy (non-hydrogen) atoms. The Morgan fingerprint density at radius 1 is 1.29 bits per heavy atom. The Labute approximate surface area is 120 Å². The molecule has 0 radical (unpaired) electrons. The van der Waals surface area contributed by atoms with Gasteiger partial charge in [-0.3, -0.25) is 15.1 Å². The predicted molar refractivity (Wildman–Crippen MR) is 73.5 cm³/mol. The van der Waals surface area contributed by atoms with Gasteiger partial charge in [-0.1, -0.05) is 12.1 Å². The monoisotopic (exact) mass is 288 g/mol. The molecular weight excluding hydrogens is 276 g/mol. The Morgan fingerprint density at radius 3 is 2.62 bits per heavy atom. The lowest BCUT2D eigenvalue weighted by Crippen LogP contribution is -2.06. The predicted octanol–water partition coefficient (Wildman–Crippen LogP) is 2.31. The summed E-state index contributed by atoms with van der Waals surface area (Å²) in [6, 6.07) is 7.49. The number of pyridine rings is 1. The highest BCUT2D eigenvalue weighted by Crippen LogP contribution is 2.17. The maximum absolute atomic E-state index is 11.0. The van der Waals surface area contributed by atoms with Crippen molar-refractivity contribution in [2.24, 2.45) is 0 Å². The van der Waals surface area contributed by atoms with Crippen LogP contribution >= 0.6 is 0 Å². The number of aromatic carboxylic acids is 1. The van der Waals surface area contributed by atoms with Gasteiger partial charge in [-0.25, -0.2) is 4.79 Å². The number of hydrogen-bond acceptors (Lipinski definition) is 5. The summed E-state index contributed by atoms with van der Waals surface area (Å²) in [7, 11) is 0. The average molecular weight is 288 g/mol. The molecule has 0 amide bonds. The zero-order valence-corrected chi connectivity index (χ0v) is 10.9. The fourth-order valence-corrected chi connectivity index (χ4v) is 1.73. The molecule has 108 valence electrons. The van der Waals surface area contributed by atoms with Crippen molar-refractivity contribution in [2.75, 3.05) is 6.61 Å². The number of carbonyl (C=O) groups is 1. The molecule has 0 aliphatic heterocycles. The summed E-state index contributed by atoms with van der Waals surface area (Å²) < 4.78 is 5.40. The lowest BCUT2D eigenvalue weighted by molar-refractivity contribution is -0.384. The summed E-state index contributed by atoms with van der Waals surface area (Å²) in [4.78, 5) is 24.9. The van der Waals surface area contributed by atoms with Crippen LogP contribution in [0.2, 0.25) is 0 Å². The van der Waals surface area contributed by atoms with Crippen LogP contribution in [0.15, 0.2) is 42.7 Å². The van der Waals surface area contributed by atoms with E-state index in [0.717, 1.165) is 5.56 Å². The van der Waals surface area contributed by atoms with Gasteiger partial charge in [0.25, 0.3) is 5.69 Å². The molecule has 1 N–H and O–H groups in total. The first kappa shape index (κ1) is 14.4. The SMILES string of the molecule is O=C(O)c1ccncc1OCCc1ccc([N+](=O)[O-])cc1. The fourth-order valence-electron chi connectivity index (χ4n) is 1.73. The first-order chi connectivity index (χ1) is 10.1. The van der Waals surface area contributed by atoms with E-state index in [2.05, 4.69) is 4.98 Å². The highest BCUT2D eigenvalue weighted by atomic mass is 16.6. The molecule has 2 rings (SSSR count). The first-order valence-corrected chi connectivity index (χ1v) is 6.11. The number of carboxylic acids is 1. The van der Waals surface area contributed by atoms with Gasteiger partial charge in [0.05, 0.1) is 17.7 Å². The van der Waals surface area contributed by atoms with Crippen LogP contribution in [0.25, 0.3) is 0 Å². The number of nitro benzene ring substituents is 1. The summed E-state index contributed by atoms with van der Waals surface area (Å²) in [6.07, 6.45) is 3.23. The third-order valence-corrected chi connectivity index (χ3v) is 2.81. The van der Waals surface area contributed by atoms with E-state index >= 15 is 0 Å². The van der Waals surface area contributed by atoms with Crippen molar-refractivity contribution in [3.63, 3.8) is 0 Å². The van der Waals surface area contributed by atoms with E-state index in [1.165, 1.54) is 30.6 Å². The molecule has 7 heteroatoms. The third kappa shape index (κ3) is 3.75. The Hall–Kier alpha value is -2.96. The Morgan fingerprint density at radius 2 is 2.00 bits per heavy atom. The topological polar surface area (TPSA) is 103 Å². The van der Waals surface area contributed by atoms with Crippen molar-refractivity contribution in [3.05, 3.63) is 64.0 Å². The van der Waals surface area contributed by atoms with Gasteiger partial charge in [-0.15, -0.1) is 0 Å². The number of non-ortho nitro benzene ring substituents is 1. The van der Waals surface area contributed by atoms with Gasteiger partial charge in [0.15, 0.2) is 5.75 Å². The van der Waals surface area contributed by atoms with Gasteiger partial charge in [0, 0.05) is 24.8 Å². The summed E-state index contributed by atoms with van der Waals surface area (Å²) in [5.41, 5.74) is 0.940. The second-order valence-electron chi connectivity index (χ2n) is 4.20. The highest BCUT2D eigenvalue weighted by Gasteiger charge is 2.10. The van der Waals surface area contributed by atoms with Crippen LogP contribution in [-0.2, 0) is 6.42 Å². The van der Waals surface area contributed by atoms with Crippen molar-refractivity contribution >= 4 is 11.7 Å². The number of nitrogens with zero attached hydrogens (tertiary/aromatic N) is 2. The van der Waals surface area contributed by atoms with Crippen LogP contribution in [0, 0.1) is 10.1 Å². The average Bonchev–Trinajstić information content (AvgIpc) is 2.48. The number of ether oxygens (including phenoxy) is 1. The van der Waals surface area contributed by atoms with Crippen LogP contribution in [-0.4, -0.2) is 27.6 Å². The van der Waals surface area contributed by atoms with Crippen LogP contribution < -0.4 is 4.74 Å². The van der Waals surface area contributed by atoms with E-state index < -0.39 is 10.9 Å². The number of hydrogen-bond donors (Lipinski definition) is 1. The van der Waals surface area contributed by atoms with Crippen molar-refractivity contribution < 1.29 is 19.6 Å². The Bertz CT molecular complexity index is 655. The smallest absolute Gasteiger partial charge is 0.339 e. The quantitative estimate of drug-likeness (QED) is 0.646. The molecule has 2 aromatic rings. The van der Waals surface area contributed by atoms with Gasteiger partial charge in [0.2, 0.25) is 0 Å². The summed E-state index contributed by atoms with van der Waals surface area (Å²) >= 11 is 0.